The summed E-state index contributed by atoms with van der Waals surface area (Å²) >= 11 is 0. The van der Waals surface area contributed by atoms with E-state index in [1.165, 1.54) is 10.5 Å². The molecule has 5 atom stereocenters. The van der Waals surface area contributed by atoms with Crippen LogP contribution in [0.2, 0.25) is 0 Å². The molecule has 1 N–H and O–H groups in total. The Hall–Kier alpha value is -3.12. The average molecular weight is 414 g/mol. The van der Waals surface area contributed by atoms with E-state index in [-0.39, 0.29) is 28.9 Å². The summed E-state index contributed by atoms with van der Waals surface area (Å²) in [6.45, 7) is 0.915. The Morgan fingerprint density at radius 1 is 1.06 bits per heavy atom. The van der Waals surface area contributed by atoms with Gasteiger partial charge < -0.3 is 14.7 Å². The highest BCUT2D eigenvalue weighted by molar-refractivity contribution is 6.21. The highest BCUT2D eigenvalue weighted by Crippen LogP contribution is 2.62. The standard InChI is InChI=1S/C25H22N2O4/c1-26-11-10-25-16-7-8-17(27-23(29)14-4-2-3-5-15(14)24(27)30)22(25)31-21-19(28)9-6-13(20(21)25)12-18(16)26/h2-9,16-18,22,28H,10-12H2,1H3/t16?,17-,18?,22?,25+/m1/s1. The number of nitrogens with zero attached hydrogens (tertiary/aromatic N) is 2. The lowest BCUT2D eigenvalue weighted by Gasteiger charge is -2.57. The average Bonchev–Trinajstić information content (AvgIpc) is 3.25. The molecule has 7 rings (SSSR count). The van der Waals surface area contributed by atoms with E-state index in [0.29, 0.717) is 22.9 Å². The number of hydrogen-bond acceptors (Lipinski definition) is 5. The number of hydrogen-bond donors (Lipinski definition) is 1. The number of likely N-dealkylation sites (N-methyl/N-ethyl adjacent to an activating group) is 1. The molecule has 2 aromatic rings. The molecule has 31 heavy (non-hydrogen) atoms. The van der Waals surface area contributed by atoms with Gasteiger partial charge in [0.15, 0.2) is 11.5 Å². The van der Waals surface area contributed by atoms with Gasteiger partial charge in [0.2, 0.25) is 0 Å². The van der Waals surface area contributed by atoms with Crippen LogP contribution in [0, 0.1) is 5.92 Å². The quantitative estimate of drug-likeness (QED) is 0.574. The molecule has 1 saturated heterocycles. The molecular weight excluding hydrogens is 392 g/mol. The molecule has 3 heterocycles. The second kappa shape index (κ2) is 5.56. The maximum Gasteiger partial charge on any atom is 0.262 e. The van der Waals surface area contributed by atoms with Crippen molar-refractivity contribution in [2.24, 2.45) is 5.92 Å². The molecule has 2 aromatic carbocycles. The SMILES string of the molecule is CN1CC[C@]23c4c5ccc(O)c4OC2[C@H](N2C(=O)c4ccccc4C2=O)C=CC3C1C5. The Bertz CT molecular complexity index is 1180. The van der Waals surface area contributed by atoms with E-state index >= 15 is 0 Å². The minimum absolute atomic E-state index is 0.139. The number of amides is 2. The first-order chi connectivity index (χ1) is 15.0. The molecule has 2 aliphatic carbocycles. The molecule has 5 aliphatic rings. The number of aromatic hydroxyl groups is 1. The molecule has 6 heteroatoms. The van der Waals surface area contributed by atoms with Crippen LogP contribution in [0.5, 0.6) is 11.5 Å². The molecule has 0 radical (unpaired) electrons. The van der Waals surface area contributed by atoms with Crippen molar-refractivity contribution < 1.29 is 19.4 Å². The fourth-order valence-corrected chi connectivity index (χ4v) is 6.94. The molecule has 6 nitrogen and oxygen atoms in total. The van der Waals surface area contributed by atoms with Gasteiger partial charge in [-0.15, -0.1) is 0 Å². The van der Waals surface area contributed by atoms with Gasteiger partial charge in [0.25, 0.3) is 11.8 Å². The summed E-state index contributed by atoms with van der Waals surface area (Å²) in [5.74, 6) is 0.364. The number of piperidine rings is 1. The van der Waals surface area contributed by atoms with Crippen molar-refractivity contribution in [1.29, 1.82) is 0 Å². The maximum atomic E-state index is 13.3. The Morgan fingerprint density at radius 2 is 1.81 bits per heavy atom. The van der Waals surface area contributed by atoms with Crippen molar-refractivity contribution in [2.45, 2.75) is 36.4 Å². The molecule has 156 valence electrons. The van der Waals surface area contributed by atoms with Crippen LogP contribution in [0.4, 0.5) is 0 Å². The third-order valence-electron chi connectivity index (χ3n) is 8.27. The van der Waals surface area contributed by atoms with Gasteiger partial charge in [0, 0.05) is 22.9 Å². The van der Waals surface area contributed by atoms with Gasteiger partial charge in [-0.2, -0.15) is 0 Å². The van der Waals surface area contributed by atoms with Crippen molar-refractivity contribution in [1.82, 2.24) is 9.80 Å². The normalized spacial score (nSPS) is 34.5. The van der Waals surface area contributed by atoms with E-state index in [1.807, 2.05) is 12.1 Å². The van der Waals surface area contributed by atoms with Crippen molar-refractivity contribution >= 4 is 11.8 Å². The highest BCUT2D eigenvalue weighted by atomic mass is 16.5. The first-order valence-corrected chi connectivity index (χ1v) is 10.9. The number of fused-ring (bicyclic) bond motifs is 1. The monoisotopic (exact) mass is 414 g/mol. The van der Waals surface area contributed by atoms with E-state index in [2.05, 4.69) is 18.0 Å². The Balaban J connectivity index is 1.42. The molecule has 2 amide bonds. The van der Waals surface area contributed by atoms with Gasteiger partial charge >= 0.3 is 0 Å². The second-order valence-electron chi connectivity index (χ2n) is 9.46. The molecule has 0 saturated carbocycles. The zero-order chi connectivity index (χ0) is 21.1. The lowest BCUT2D eigenvalue weighted by atomic mass is 9.53. The highest BCUT2D eigenvalue weighted by Gasteiger charge is 2.66. The van der Waals surface area contributed by atoms with Crippen molar-refractivity contribution in [3.05, 3.63) is 70.8 Å². The molecule has 3 unspecified atom stereocenters. The zero-order valence-electron chi connectivity index (χ0n) is 17.1. The number of carbonyl (C=O) groups excluding carboxylic acids is 2. The first-order valence-electron chi connectivity index (χ1n) is 10.9. The fourth-order valence-electron chi connectivity index (χ4n) is 6.94. The molecule has 1 spiro atoms. The third-order valence-corrected chi connectivity index (χ3v) is 8.27. The summed E-state index contributed by atoms with van der Waals surface area (Å²) in [4.78, 5) is 30.3. The number of imide groups is 1. The molecule has 1 fully saturated rings. The van der Waals surface area contributed by atoms with Crippen LogP contribution in [-0.4, -0.2) is 58.5 Å². The Labute approximate surface area is 179 Å². The van der Waals surface area contributed by atoms with Crippen LogP contribution in [0.3, 0.4) is 0 Å². The smallest absolute Gasteiger partial charge is 0.262 e. The summed E-state index contributed by atoms with van der Waals surface area (Å²) in [6.07, 6.45) is 5.57. The van der Waals surface area contributed by atoms with Crippen LogP contribution >= 0.6 is 0 Å². The van der Waals surface area contributed by atoms with E-state index in [1.54, 1.807) is 30.3 Å². The molecule has 2 bridgehead atoms. The zero-order valence-corrected chi connectivity index (χ0v) is 17.1. The number of likely N-dealkylation sites (tertiary alicyclic amines) is 1. The van der Waals surface area contributed by atoms with E-state index in [0.717, 1.165) is 24.9 Å². The number of phenols is 1. The van der Waals surface area contributed by atoms with Crippen LogP contribution < -0.4 is 4.74 Å². The van der Waals surface area contributed by atoms with Crippen molar-refractivity contribution in [2.75, 3.05) is 13.6 Å². The maximum absolute atomic E-state index is 13.3. The minimum atomic E-state index is -0.509. The largest absolute Gasteiger partial charge is 0.504 e. The Morgan fingerprint density at radius 3 is 2.55 bits per heavy atom. The van der Waals surface area contributed by atoms with Gasteiger partial charge in [-0.1, -0.05) is 30.4 Å². The van der Waals surface area contributed by atoms with Gasteiger partial charge in [0.1, 0.15) is 6.10 Å². The topological polar surface area (TPSA) is 70.1 Å². The van der Waals surface area contributed by atoms with Crippen molar-refractivity contribution in [3.63, 3.8) is 0 Å². The third kappa shape index (κ3) is 1.89. The van der Waals surface area contributed by atoms with E-state index in [9.17, 15) is 14.7 Å². The van der Waals surface area contributed by atoms with E-state index in [4.69, 9.17) is 4.74 Å². The summed E-state index contributed by atoms with van der Waals surface area (Å²) in [5, 5.41) is 10.7. The number of carbonyl (C=O) groups is 2. The van der Waals surface area contributed by atoms with Gasteiger partial charge in [-0.3, -0.25) is 14.5 Å². The summed E-state index contributed by atoms with van der Waals surface area (Å²) in [7, 11) is 2.17. The second-order valence-corrected chi connectivity index (χ2v) is 9.46. The van der Waals surface area contributed by atoms with Gasteiger partial charge in [-0.05, 0) is 50.2 Å². The van der Waals surface area contributed by atoms with Crippen LogP contribution in [0.1, 0.15) is 38.3 Å². The fraction of sp³-hybridized carbons (Fsp3) is 0.360. The Kier molecular flexibility index (Phi) is 3.15. The number of benzene rings is 2. The van der Waals surface area contributed by atoms with Gasteiger partial charge in [0.05, 0.1) is 17.2 Å². The summed E-state index contributed by atoms with van der Waals surface area (Å²) < 4.78 is 6.50. The van der Waals surface area contributed by atoms with Crippen LogP contribution in [0.15, 0.2) is 48.6 Å². The number of rotatable bonds is 1. The molecular formula is C25H22N2O4. The summed E-state index contributed by atoms with van der Waals surface area (Å²) in [6, 6.07) is 10.5. The van der Waals surface area contributed by atoms with Crippen molar-refractivity contribution in [3.8, 4) is 11.5 Å². The summed E-state index contributed by atoms with van der Waals surface area (Å²) in [5.41, 5.74) is 2.86. The number of ether oxygens (including phenoxy) is 1. The van der Waals surface area contributed by atoms with Gasteiger partial charge in [-0.25, -0.2) is 0 Å². The lowest BCUT2D eigenvalue weighted by molar-refractivity contribution is -0.0241. The predicted molar refractivity (Wildman–Crippen MR) is 112 cm³/mol. The van der Waals surface area contributed by atoms with Crippen LogP contribution in [0.25, 0.3) is 0 Å². The first kappa shape index (κ1) is 17.5. The lowest BCUT2D eigenvalue weighted by Crippen LogP contribution is -2.67. The molecule has 0 aromatic heterocycles. The number of phenolic OH excluding ortho intramolecular Hbond substituents is 1. The van der Waals surface area contributed by atoms with Crippen LogP contribution in [-0.2, 0) is 11.8 Å². The minimum Gasteiger partial charge on any atom is -0.504 e. The predicted octanol–water partition coefficient (Wildman–Crippen LogP) is 2.50. The molecule has 3 aliphatic heterocycles. The van der Waals surface area contributed by atoms with E-state index < -0.39 is 12.1 Å².